The number of hydrogen-bond donors (Lipinski definition) is 0. The zero-order valence-corrected chi connectivity index (χ0v) is 18.0. The molecule has 0 bridgehead atoms. The van der Waals surface area contributed by atoms with Gasteiger partial charge in [0.2, 0.25) is 0 Å². The molecule has 1 aliphatic carbocycles. The second-order valence-corrected chi connectivity index (χ2v) is 9.09. The van der Waals surface area contributed by atoms with Crippen LogP contribution >= 0.6 is 0 Å². The van der Waals surface area contributed by atoms with E-state index in [0.717, 1.165) is 32.8 Å². The predicted octanol–water partition coefficient (Wildman–Crippen LogP) is 6.29. The number of benzene rings is 4. The van der Waals surface area contributed by atoms with E-state index in [2.05, 4.69) is 77.7 Å². The van der Waals surface area contributed by atoms with Gasteiger partial charge in [0.05, 0.1) is 13.2 Å². The molecule has 6 rings (SSSR count). The number of nitrogens with zero attached hydrogens (tertiary/aromatic N) is 1. The summed E-state index contributed by atoms with van der Waals surface area (Å²) in [6.07, 6.45) is 3.70. The second kappa shape index (κ2) is 8.11. The Morgan fingerprint density at radius 3 is 2.45 bits per heavy atom. The lowest BCUT2D eigenvalue weighted by Gasteiger charge is -2.28. The van der Waals surface area contributed by atoms with Gasteiger partial charge >= 0.3 is 0 Å². The molecule has 0 radical (unpaired) electrons. The third kappa shape index (κ3) is 3.54. The average Bonchev–Trinajstić information content (AvgIpc) is 2.84. The summed E-state index contributed by atoms with van der Waals surface area (Å²) in [5, 5.41) is 5.55. The first-order chi connectivity index (χ1) is 15.4. The van der Waals surface area contributed by atoms with Crippen molar-refractivity contribution in [2.75, 3.05) is 26.3 Å². The van der Waals surface area contributed by atoms with E-state index < -0.39 is 0 Å². The van der Waals surface area contributed by atoms with Crippen molar-refractivity contribution in [2.45, 2.75) is 31.7 Å². The van der Waals surface area contributed by atoms with Crippen molar-refractivity contribution in [2.24, 2.45) is 0 Å². The van der Waals surface area contributed by atoms with Gasteiger partial charge in [-0.3, -0.25) is 4.90 Å². The molecule has 31 heavy (non-hydrogen) atoms. The molecule has 2 heteroatoms. The summed E-state index contributed by atoms with van der Waals surface area (Å²) in [5.41, 5.74) is 5.98. The minimum atomic E-state index is 0.511. The van der Waals surface area contributed by atoms with Crippen molar-refractivity contribution >= 4 is 21.5 Å². The van der Waals surface area contributed by atoms with Crippen molar-refractivity contribution in [3.63, 3.8) is 0 Å². The standard InChI is InChI=1S/C29H29NO/c1-2-5-24-22(4-1)12-13-29-26-7-3-6-25(27(26)14-15-28(24)29)23-10-8-21(9-11-23)20-30-16-18-31-19-17-30/h1-2,4-5,8-15,25H,3,6-7,16-20H2. The zero-order chi connectivity index (χ0) is 20.6. The minimum Gasteiger partial charge on any atom is -0.379 e. The van der Waals surface area contributed by atoms with Crippen LogP contribution in [-0.2, 0) is 17.7 Å². The fraction of sp³-hybridized carbons (Fsp3) is 0.310. The summed E-state index contributed by atoms with van der Waals surface area (Å²) in [6, 6.07) is 27.6. The fourth-order valence-corrected chi connectivity index (χ4v) is 5.63. The third-order valence-electron chi connectivity index (χ3n) is 7.26. The SMILES string of the molecule is c1ccc2c(c1)ccc1c3c(ccc12)C(c1ccc(CN2CCOCC2)cc1)CCC3. The van der Waals surface area contributed by atoms with E-state index in [4.69, 9.17) is 4.74 Å². The van der Waals surface area contributed by atoms with Gasteiger partial charge in [0.15, 0.2) is 0 Å². The molecule has 1 unspecified atom stereocenters. The van der Waals surface area contributed by atoms with Gasteiger partial charge in [-0.15, -0.1) is 0 Å². The predicted molar refractivity (Wildman–Crippen MR) is 129 cm³/mol. The maximum absolute atomic E-state index is 5.48. The highest BCUT2D eigenvalue weighted by atomic mass is 16.5. The fourth-order valence-electron chi connectivity index (χ4n) is 5.63. The Morgan fingerprint density at radius 1 is 0.774 bits per heavy atom. The van der Waals surface area contributed by atoms with Crippen LogP contribution < -0.4 is 0 Å². The maximum Gasteiger partial charge on any atom is 0.0594 e. The molecule has 0 saturated carbocycles. The summed E-state index contributed by atoms with van der Waals surface area (Å²) in [4.78, 5) is 2.49. The lowest BCUT2D eigenvalue weighted by Crippen LogP contribution is -2.35. The molecule has 156 valence electrons. The number of aryl methyl sites for hydroxylation is 1. The van der Waals surface area contributed by atoms with E-state index in [-0.39, 0.29) is 0 Å². The summed E-state index contributed by atoms with van der Waals surface area (Å²) in [7, 11) is 0. The van der Waals surface area contributed by atoms with Gasteiger partial charge in [-0.1, -0.05) is 72.8 Å². The highest BCUT2D eigenvalue weighted by molar-refractivity contribution is 6.08. The Labute approximate surface area is 184 Å². The lowest BCUT2D eigenvalue weighted by molar-refractivity contribution is 0.0342. The Hall–Kier alpha value is -2.68. The highest BCUT2D eigenvalue weighted by Gasteiger charge is 2.23. The molecule has 1 saturated heterocycles. The van der Waals surface area contributed by atoms with E-state index in [1.165, 1.54) is 57.5 Å². The molecule has 0 aromatic heterocycles. The van der Waals surface area contributed by atoms with Crippen LogP contribution in [0.2, 0.25) is 0 Å². The Morgan fingerprint density at radius 2 is 1.58 bits per heavy atom. The van der Waals surface area contributed by atoms with Crippen LogP contribution in [0.1, 0.15) is 41.0 Å². The zero-order valence-electron chi connectivity index (χ0n) is 18.0. The number of hydrogen-bond acceptors (Lipinski definition) is 2. The van der Waals surface area contributed by atoms with Gasteiger partial charge in [-0.05, 0) is 63.1 Å². The lowest BCUT2D eigenvalue weighted by atomic mass is 9.77. The molecule has 0 N–H and O–H groups in total. The summed E-state index contributed by atoms with van der Waals surface area (Å²) >= 11 is 0. The number of morpholine rings is 1. The average molecular weight is 408 g/mol. The topological polar surface area (TPSA) is 12.5 Å². The van der Waals surface area contributed by atoms with Crippen molar-refractivity contribution in [1.29, 1.82) is 0 Å². The molecule has 1 fully saturated rings. The first-order valence-corrected chi connectivity index (χ1v) is 11.7. The normalized spacial score (nSPS) is 19.5. The number of rotatable bonds is 3. The van der Waals surface area contributed by atoms with Crippen LogP contribution in [0.15, 0.2) is 72.8 Å². The Kier molecular flexibility index (Phi) is 4.98. The Bertz CT molecular complexity index is 1220. The molecule has 4 aromatic rings. The Balaban J connectivity index is 1.33. The van der Waals surface area contributed by atoms with Crippen molar-refractivity contribution < 1.29 is 4.74 Å². The maximum atomic E-state index is 5.48. The monoisotopic (exact) mass is 407 g/mol. The largest absolute Gasteiger partial charge is 0.379 e. The molecule has 4 aromatic carbocycles. The highest BCUT2D eigenvalue weighted by Crippen LogP contribution is 2.41. The molecule has 1 atom stereocenters. The van der Waals surface area contributed by atoms with Crippen LogP contribution in [0.25, 0.3) is 21.5 Å². The van der Waals surface area contributed by atoms with Crippen molar-refractivity contribution in [3.8, 4) is 0 Å². The summed E-state index contributed by atoms with van der Waals surface area (Å²) in [6.45, 7) is 4.84. The van der Waals surface area contributed by atoms with Crippen molar-refractivity contribution in [1.82, 2.24) is 4.90 Å². The van der Waals surface area contributed by atoms with Gasteiger partial charge < -0.3 is 4.74 Å². The summed E-state index contributed by atoms with van der Waals surface area (Å²) < 4.78 is 5.48. The van der Waals surface area contributed by atoms with Gasteiger partial charge in [-0.25, -0.2) is 0 Å². The summed E-state index contributed by atoms with van der Waals surface area (Å²) in [5.74, 6) is 0.511. The number of ether oxygens (including phenoxy) is 1. The van der Waals surface area contributed by atoms with E-state index in [0.29, 0.717) is 5.92 Å². The molecular formula is C29H29NO. The van der Waals surface area contributed by atoms with Crippen LogP contribution in [0.3, 0.4) is 0 Å². The number of fused-ring (bicyclic) bond motifs is 5. The van der Waals surface area contributed by atoms with E-state index >= 15 is 0 Å². The quantitative estimate of drug-likeness (QED) is 0.370. The minimum absolute atomic E-state index is 0.511. The van der Waals surface area contributed by atoms with Crippen LogP contribution in [0.4, 0.5) is 0 Å². The first-order valence-electron chi connectivity index (χ1n) is 11.7. The molecular weight excluding hydrogens is 378 g/mol. The van der Waals surface area contributed by atoms with Gasteiger partial charge in [0.25, 0.3) is 0 Å². The molecule has 0 spiro atoms. The third-order valence-corrected chi connectivity index (χ3v) is 7.26. The van der Waals surface area contributed by atoms with E-state index in [9.17, 15) is 0 Å². The smallest absolute Gasteiger partial charge is 0.0594 e. The molecule has 0 amide bonds. The van der Waals surface area contributed by atoms with Gasteiger partial charge in [0, 0.05) is 25.6 Å². The van der Waals surface area contributed by atoms with E-state index in [1.54, 1.807) is 5.56 Å². The molecule has 2 aliphatic rings. The first kappa shape index (κ1) is 19.0. The van der Waals surface area contributed by atoms with Gasteiger partial charge in [0.1, 0.15) is 0 Å². The van der Waals surface area contributed by atoms with Crippen molar-refractivity contribution in [3.05, 3.63) is 95.1 Å². The second-order valence-electron chi connectivity index (χ2n) is 9.09. The van der Waals surface area contributed by atoms with Crippen LogP contribution in [0, 0.1) is 0 Å². The van der Waals surface area contributed by atoms with E-state index in [1.807, 2.05) is 0 Å². The van der Waals surface area contributed by atoms with Gasteiger partial charge in [-0.2, -0.15) is 0 Å². The van der Waals surface area contributed by atoms with Crippen LogP contribution in [0.5, 0.6) is 0 Å². The van der Waals surface area contributed by atoms with Crippen LogP contribution in [-0.4, -0.2) is 31.2 Å². The molecule has 1 heterocycles. The molecule has 2 nitrogen and oxygen atoms in total. The molecule has 1 aliphatic heterocycles.